The molecule has 0 rings (SSSR count). The molecule has 0 unspecified atom stereocenters. The van der Waals surface area contributed by atoms with Gasteiger partial charge in [0.25, 0.3) is 5.91 Å². The van der Waals surface area contributed by atoms with E-state index in [4.69, 9.17) is 10.5 Å². The second-order valence-electron chi connectivity index (χ2n) is 2.18. The molecule has 1 amide bonds. The molecule has 0 aliphatic heterocycles. The fourth-order valence-electron chi connectivity index (χ4n) is 0.522. The molecule has 3 nitrogen and oxygen atoms in total. The molecule has 0 aromatic carbocycles. The molecule has 0 atom stereocenters. The van der Waals surface area contributed by atoms with Gasteiger partial charge in [0, 0.05) is 0 Å². The summed E-state index contributed by atoms with van der Waals surface area (Å²) in [5, 5.41) is 0. The van der Waals surface area contributed by atoms with E-state index in [-0.39, 0.29) is 11.9 Å². The minimum absolute atomic E-state index is 0.00120. The number of nitrogens with two attached hydrogens (primary N) is 1. The van der Waals surface area contributed by atoms with E-state index in [2.05, 4.69) is 0 Å². The highest BCUT2D eigenvalue weighted by Crippen LogP contribution is 2.00. The van der Waals surface area contributed by atoms with Gasteiger partial charge in [0.15, 0.2) is 5.76 Å². The molecular formula is C7H13NO2. The summed E-state index contributed by atoms with van der Waals surface area (Å²) < 4.78 is 5.05. The highest BCUT2D eigenvalue weighted by molar-refractivity contribution is 5.89. The number of primary amides is 1. The van der Waals surface area contributed by atoms with Crippen molar-refractivity contribution in [1.29, 1.82) is 0 Å². The topological polar surface area (TPSA) is 52.3 Å². The average molecular weight is 143 g/mol. The number of carbonyl (C=O) groups excluding carboxylic acids is 1. The monoisotopic (exact) mass is 143 g/mol. The van der Waals surface area contributed by atoms with E-state index in [1.807, 2.05) is 13.8 Å². The summed E-state index contributed by atoms with van der Waals surface area (Å²) in [7, 11) is 0. The lowest BCUT2D eigenvalue weighted by atomic mass is 10.4. The summed E-state index contributed by atoms with van der Waals surface area (Å²) in [6, 6.07) is 0. The van der Waals surface area contributed by atoms with Crippen molar-refractivity contribution in [3.05, 3.63) is 11.8 Å². The molecule has 0 heterocycles. The van der Waals surface area contributed by atoms with Crippen LogP contribution in [0.1, 0.15) is 20.8 Å². The molecule has 3 heteroatoms. The zero-order chi connectivity index (χ0) is 8.15. The largest absolute Gasteiger partial charge is 0.486 e. The quantitative estimate of drug-likeness (QED) is 0.469. The molecule has 0 fully saturated rings. The summed E-state index contributed by atoms with van der Waals surface area (Å²) in [5.74, 6) is -0.286. The Morgan fingerprint density at radius 2 is 2.10 bits per heavy atom. The van der Waals surface area contributed by atoms with Gasteiger partial charge in [-0.15, -0.1) is 0 Å². The maximum Gasteiger partial charge on any atom is 0.283 e. The van der Waals surface area contributed by atoms with Gasteiger partial charge in [0.1, 0.15) is 0 Å². The lowest BCUT2D eigenvalue weighted by Crippen LogP contribution is -2.18. The molecule has 0 bridgehead atoms. The minimum Gasteiger partial charge on any atom is -0.486 e. The van der Waals surface area contributed by atoms with Crippen LogP contribution in [0.4, 0.5) is 0 Å². The molecule has 0 aromatic rings. The van der Waals surface area contributed by atoms with Gasteiger partial charge in [-0.1, -0.05) is 0 Å². The van der Waals surface area contributed by atoms with Crippen molar-refractivity contribution in [3.8, 4) is 0 Å². The van der Waals surface area contributed by atoms with E-state index < -0.39 is 5.91 Å². The van der Waals surface area contributed by atoms with Gasteiger partial charge in [-0.05, 0) is 26.8 Å². The summed E-state index contributed by atoms with van der Waals surface area (Å²) in [5.41, 5.74) is 4.96. The van der Waals surface area contributed by atoms with Gasteiger partial charge in [0.2, 0.25) is 0 Å². The normalized spacial score (nSPS) is 11.8. The predicted molar refractivity (Wildman–Crippen MR) is 39.2 cm³/mol. The van der Waals surface area contributed by atoms with E-state index in [0.717, 1.165) is 0 Å². The maximum atomic E-state index is 10.5. The van der Waals surface area contributed by atoms with Crippen LogP contribution in [-0.4, -0.2) is 12.0 Å². The molecule has 0 saturated carbocycles. The smallest absolute Gasteiger partial charge is 0.283 e. The summed E-state index contributed by atoms with van der Waals surface area (Å²) in [6.07, 6.45) is 1.56. The first-order valence-electron chi connectivity index (χ1n) is 3.20. The fraction of sp³-hybridized carbons (Fsp3) is 0.571. The first kappa shape index (κ1) is 9.01. The van der Waals surface area contributed by atoms with E-state index in [9.17, 15) is 4.79 Å². The van der Waals surface area contributed by atoms with Crippen molar-refractivity contribution in [3.63, 3.8) is 0 Å². The SMILES string of the molecule is C/C=C(\OC(C)C)C(N)=O. The Morgan fingerprint density at radius 1 is 1.60 bits per heavy atom. The number of amides is 1. The molecule has 0 aliphatic carbocycles. The van der Waals surface area contributed by atoms with Gasteiger partial charge < -0.3 is 10.5 Å². The number of rotatable bonds is 3. The van der Waals surface area contributed by atoms with Crippen molar-refractivity contribution >= 4 is 5.91 Å². The van der Waals surface area contributed by atoms with Crippen LogP contribution in [0.5, 0.6) is 0 Å². The van der Waals surface area contributed by atoms with Crippen LogP contribution in [0.3, 0.4) is 0 Å². The highest BCUT2D eigenvalue weighted by atomic mass is 16.5. The van der Waals surface area contributed by atoms with E-state index in [1.54, 1.807) is 13.0 Å². The molecule has 0 spiro atoms. The molecule has 2 N–H and O–H groups in total. The van der Waals surface area contributed by atoms with Gasteiger partial charge in [-0.25, -0.2) is 0 Å². The molecule has 58 valence electrons. The third-order valence-corrected chi connectivity index (χ3v) is 0.868. The molecule has 0 saturated heterocycles. The predicted octanol–water partition coefficient (Wildman–Crippen LogP) is 0.800. The summed E-state index contributed by atoms with van der Waals surface area (Å²) in [6.45, 7) is 5.39. The van der Waals surface area contributed by atoms with Crippen molar-refractivity contribution in [2.75, 3.05) is 0 Å². The molecule has 0 aromatic heterocycles. The van der Waals surface area contributed by atoms with Crippen LogP contribution in [0.25, 0.3) is 0 Å². The number of allylic oxidation sites excluding steroid dienone is 1. The third-order valence-electron chi connectivity index (χ3n) is 0.868. The van der Waals surface area contributed by atoms with Crippen LogP contribution < -0.4 is 5.73 Å². The Labute approximate surface area is 60.9 Å². The van der Waals surface area contributed by atoms with E-state index >= 15 is 0 Å². The van der Waals surface area contributed by atoms with Crippen LogP contribution in [0.15, 0.2) is 11.8 Å². The van der Waals surface area contributed by atoms with Crippen molar-refractivity contribution in [2.24, 2.45) is 5.73 Å². The second kappa shape index (κ2) is 3.93. The van der Waals surface area contributed by atoms with Crippen molar-refractivity contribution in [1.82, 2.24) is 0 Å². The maximum absolute atomic E-state index is 10.5. The van der Waals surface area contributed by atoms with Gasteiger partial charge >= 0.3 is 0 Å². The van der Waals surface area contributed by atoms with Crippen molar-refractivity contribution in [2.45, 2.75) is 26.9 Å². The lowest BCUT2D eigenvalue weighted by Gasteiger charge is -2.09. The van der Waals surface area contributed by atoms with Crippen molar-refractivity contribution < 1.29 is 9.53 Å². The van der Waals surface area contributed by atoms with Gasteiger partial charge in [-0.2, -0.15) is 0 Å². The van der Waals surface area contributed by atoms with Crippen LogP contribution >= 0.6 is 0 Å². The van der Waals surface area contributed by atoms with Crippen LogP contribution in [0.2, 0.25) is 0 Å². The third kappa shape index (κ3) is 3.12. The first-order chi connectivity index (χ1) is 4.57. The Hall–Kier alpha value is -0.990. The van der Waals surface area contributed by atoms with Gasteiger partial charge in [-0.3, -0.25) is 4.79 Å². The number of hydrogen-bond donors (Lipinski definition) is 1. The van der Waals surface area contributed by atoms with Crippen LogP contribution in [-0.2, 0) is 9.53 Å². The first-order valence-corrected chi connectivity index (χ1v) is 3.20. The fourth-order valence-corrected chi connectivity index (χ4v) is 0.522. The van der Waals surface area contributed by atoms with Gasteiger partial charge in [0.05, 0.1) is 6.10 Å². The number of carbonyl (C=O) groups is 1. The number of hydrogen-bond acceptors (Lipinski definition) is 2. The van der Waals surface area contributed by atoms with E-state index in [1.165, 1.54) is 0 Å². The summed E-state index contributed by atoms with van der Waals surface area (Å²) >= 11 is 0. The summed E-state index contributed by atoms with van der Waals surface area (Å²) in [4.78, 5) is 10.5. The Morgan fingerprint density at radius 3 is 2.20 bits per heavy atom. The average Bonchev–Trinajstić information content (AvgIpc) is 1.81. The molecule has 0 radical (unpaired) electrons. The Balaban J connectivity index is 3.99. The Kier molecular flexibility index (Phi) is 3.54. The Bertz CT molecular complexity index is 150. The zero-order valence-corrected chi connectivity index (χ0v) is 6.55. The highest BCUT2D eigenvalue weighted by Gasteiger charge is 2.05. The van der Waals surface area contributed by atoms with E-state index in [0.29, 0.717) is 0 Å². The molecule has 0 aliphatic rings. The number of ether oxygens (including phenoxy) is 1. The molecular weight excluding hydrogens is 130 g/mol. The lowest BCUT2D eigenvalue weighted by molar-refractivity contribution is -0.118. The molecule has 10 heavy (non-hydrogen) atoms. The standard InChI is InChI=1S/C7H13NO2/c1-4-6(7(8)9)10-5(2)3/h4-5H,1-3H3,(H2,8,9)/b6-4-. The van der Waals surface area contributed by atoms with Crippen LogP contribution in [0, 0.1) is 0 Å². The minimum atomic E-state index is -0.517. The zero-order valence-electron chi connectivity index (χ0n) is 6.55. The second-order valence-corrected chi connectivity index (χ2v) is 2.18.